The SMILES string of the molecule is CCC(CCC(C)C1CCC2C3CC=C4CC(OC(=O)C=Cc5ccc(OC)c(CO)c5)CCC4(C)C3CCC12C)C(C)C. The van der Waals surface area contributed by atoms with Gasteiger partial charge in [-0.2, -0.15) is 0 Å². The molecular weight excluding hydrogens is 544 g/mol. The second kappa shape index (κ2) is 13.7. The Morgan fingerprint density at radius 3 is 2.57 bits per heavy atom. The first-order valence-electron chi connectivity index (χ1n) is 17.9. The van der Waals surface area contributed by atoms with E-state index in [2.05, 4.69) is 47.6 Å². The van der Waals surface area contributed by atoms with Crippen LogP contribution in [0.2, 0.25) is 0 Å². The summed E-state index contributed by atoms with van der Waals surface area (Å²) in [6.45, 7) is 14.9. The zero-order chi connectivity index (χ0) is 31.6. The average molecular weight is 605 g/mol. The van der Waals surface area contributed by atoms with E-state index in [1.54, 1.807) is 18.8 Å². The summed E-state index contributed by atoms with van der Waals surface area (Å²) in [4.78, 5) is 12.8. The maximum atomic E-state index is 12.8. The second-order valence-electron chi connectivity index (χ2n) is 15.8. The molecule has 0 heterocycles. The molecule has 244 valence electrons. The van der Waals surface area contributed by atoms with E-state index in [9.17, 15) is 9.90 Å². The number of hydrogen-bond donors (Lipinski definition) is 1. The van der Waals surface area contributed by atoms with E-state index in [4.69, 9.17) is 9.47 Å². The van der Waals surface area contributed by atoms with Gasteiger partial charge in [0.05, 0.1) is 13.7 Å². The van der Waals surface area contributed by atoms with Gasteiger partial charge in [0.25, 0.3) is 0 Å². The molecule has 0 amide bonds. The van der Waals surface area contributed by atoms with Crippen molar-refractivity contribution in [2.24, 2.45) is 52.3 Å². The van der Waals surface area contributed by atoms with Crippen molar-refractivity contribution < 1.29 is 19.4 Å². The van der Waals surface area contributed by atoms with Gasteiger partial charge in [0.1, 0.15) is 11.9 Å². The second-order valence-corrected chi connectivity index (χ2v) is 15.8. The molecule has 1 aromatic rings. The lowest BCUT2D eigenvalue weighted by molar-refractivity contribution is -0.145. The Labute approximate surface area is 268 Å². The number of esters is 1. The van der Waals surface area contributed by atoms with Crippen molar-refractivity contribution in [1.29, 1.82) is 0 Å². The van der Waals surface area contributed by atoms with Gasteiger partial charge >= 0.3 is 5.97 Å². The van der Waals surface area contributed by atoms with Gasteiger partial charge in [0, 0.05) is 18.1 Å². The van der Waals surface area contributed by atoms with Gasteiger partial charge in [-0.1, -0.05) is 72.1 Å². The number of rotatable bonds is 11. The summed E-state index contributed by atoms with van der Waals surface area (Å²) >= 11 is 0. The molecule has 4 aliphatic rings. The number of ether oxygens (including phenoxy) is 2. The average Bonchev–Trinajstić information content (AvgIpc) is 3.37. The van der Waals surface area contributed by atoms with Crippen molar-refractivity contribution >= 4 is 12.0 Å². The minimum Gasteiger partial charge on any atom is -0.496 e. The molecule has 1 aromatic carbocycles. The van der Waals surface area contributed by atoms with Gasteiger partial charge in [-0.25, -0.2) is 4.79 Å². The van der Waals surface area contributed by atoms with Gasteiger partial charge in [-0.05, 0) is 127 Å². The van der Waals surface area contributed by atoms with Crippen LogP contribution in [-0.4, -0.2) is 24.3 Å². The van der Waals surface area contributed by atoms with Crippen molar-refractivity contribution in [3.8, 4) is 5.75 Å². The lowest BCUT2D eigenvalue weighted by Crippen LogP contribution is -2.51. The molecule has 44 heavy (non-hydrogen) atoms. The number of fused-ring (bicyclic) bond motifs is 5. The number of aliphatic hydroxyl groups is 1. The van der Waals surface area contributed by atoms with Crippen molar-refractivity contribution in [3.05, 3.63) is 47.1 Å². The lowest BCUT2D eigenvalue weighted by atomic mass is 9.47. The summed E-state index contributed by atoms with van der Waals surface area (Å²) < 4.78 is 11.3. The molecular formula is C40H60O4. The van der Waals surface area contributed by atoms with E-state index in [0.717, 1.165) is 66.3 Å². The number of benzene rings is 1. The van der Waals surface area contributed by atoms with Gasteiger partial charge in [0.15, 0.2) is 0 Å². The van der Waals surface area contributed by atoms with Gasteiger partial charge in [-0.3, -0.25) is 0 Å². The molecule has 0 saturated heterocycles. The highest BCUT2D eigenvalue weighted by Crippen LogP contribution is 2.67. The van der Waals surface area contributed by atoms with E-state index in [0.29, 0.717) is 16.7 Å². The van der Waals surface area contributed by atoms with Crippen LogP contribution in [0.1, 0.15) is 123 Å². The molecule has 4 nitrogen and oxygen atoms in total. The largest absolute Gasteiger partial charge is 0.496 e. The highest BCUT2D eigenvalue weighted by atomic mass is 16.5. The van der Waals surface area contributed by atoms with Crippen molar-refractivity contribution in [2.45, 2.75) is 125 Å². The standard InChI is InChI=1S/C40H60O4/c1-8-29(26(2)3)12-9-27(4)34-15-16-35-33-14-13-31-24-32(19-21-39(31,5)36(33)20-22-40(34,35)6)44-38(42)18-11-28-10-17-37(43-7)30(23-28)25-41/h10-11,13,17-18,23,26-27,29,32-36,41H,8-9,12,14-16,19-22,24-25H2,1-7H3. The van der Waals surface area contributed by atoms with Gasteiger partial charge in [-0.15, -0.1) is 0 Å². The molecule has 0 aliphatic heterocycles. The Bertz CT molecular complexity index is 1210. The molecule has 4 aliphatic carbocycles. The Morgan fingerprint density at radius 2 is 1.86 bits per heavy atom. The first kappa shape index (κ1) is 33.3. The van der Waals surface area contributed by atoms with Crippen molar-refractivity contribution in [1.82, 2.24) is 0 Å². The third kappa shape index (κ3) is 6.44. The van der Waals surface area contributed by atoms with Crippen LogP contribution in [0.25, 0.3) is 6.08 Å². The number of methoxy groups -OCH3 is 1. The molecule has 0 radical (unpaired) electrons. The molecule has 3 saturated carbocycles. The predicted octanol–water partition coefficient (Wildman–Crippen LogP) is 9.79. The molecule has 0 aromatic heterocycles. The fraction of sp³-hybridized carbons (Fsp3) is 0.725. The molecule has 3 fully saturated rings. The van der Waals surface area contributed by atoms with E-state index >= 15 is 0 Å². The van der Waals surface area contributed by atoms with Crippen LogP contribution in [0.3, 0.4) is 0 Å². The molecule has 0 bridgehead atoms. The smallest absolute Gasteiger partial charge is 0.331 e. The normalized spacial score (nSPS) is 34.6. The number of hydrogen-bond acceptors (Lipinski definition) is 4. The Morgan fingerprint density at radius 1 is 1.07 bits per heavy atom. The number of allylic oxidation sites excluding steroid dienone is 1. The minimum absolute atomic E-state index is 0.0461. The summed E-state index contributed by atoms with van der Waals surface area (Å²) in [6.07, 6.45) is 19.7. The molecule has 5 rings (SSSR count). The Hall–Kier alpha value is -2.07. The zero-order valence-electron chi connectivity index (χ0n) is 28.7. The Kier molecular flexibility index (Phi) is 10.4. The number of aliphatic hydroxyl groups excluding tert-OH is 1. The fourth-order valence-corrected chi connectivity index (χ4v) is 10.8. The van der Waals surface area contributed by atoms with Gasteiger partial charge < -0.3 is 14.6 Å². The maximum absolute atomic E-state index is 12.8. The first-order valence-corrected chi connectivity index (χ1v) is 17.9. The van der Waals surface area contributed by atoms with E-state index in [1.807, 2.05) is 18.2 Å². The van der Waals surface area contributed by atoms with Crippen molar-refractivity contribution in [2.75, 3.05) is 7.11 Å². The van der Waals surface area contributed by atoms with Crippen LogP contribution in [0, 0.1) is 52.3 Å². The van der Waals surface area contributed by atoms with Crippen LogP contribution in [-0.2, 0) is 16.1 Å². The number of carbonyl (C=O) groups is 1. The first-order chi connectivity index (χ1) is 21.0. The van der Waals surface area contributed by atoms with E-state index in [1.165, 1.54) is 57.4 Å². The third-order valence-corrected chi connectivity index (χ3v) is 13.4. The van der Waals surface area contributed by atoms with E-state index < -0.39 is 0 Å². The predicted molar refractivity (Wildman–Crippen MR) is 180 cm³/mol. The van der Waals surface area contributed by atoms with Gasteiger partial charge in [0.2, 0.25) is 0 Å². The molecule has 0 spiro atoms. The quantitative estimate of drug-likeness (QED) is 0.155. The van der Waals surface area contributed by atoms with Crippen LogP contribution in [0.4, 0.5) is 0 Å². The summed E-state index contributed by atoms with van der Waals surface area (Å²) in [7, 11) is 1.59. The molecule has 9 unspecified atom stereocenters. The molecule has 1 N–H and O–H groups in total. The van der Waals surface area contributed by atoms with Crippen LogP contribution in [0.15, 0.2) is 35.9 Å². The minimum atomic E-state index is -0.285. The summed E-state index contributed by atoms with van der Waals surface area (Å²) in [5.41, 5.74) is 3.86. The topological polar surface area (TPSA) is 55.8 Å². The van der Waals surface area contributed by atoms with Crippen LogP contribution in [0.5, 0.6) is 5.75 Å². The van der Waals surface area contributed by atoms with Crippen LogP contribution >= 0.6 is 0 Å². The molecule has 9 atom stereocenters. The highest BCUT2D eigenvalue weighted by molar-refractivity contribution is 5.87. The molecule has 4 heteroatoms. The van der Waals surface area contributed by atoms with Crippen LogP contribution < -0.4 is 4.74 Å². The monoisotopic (exact) mass is 604 g/mol. The van der Waals surface area contributed by atoms with E-state index in [-0.39, 0.29) is 24.1 Å². The fourth-order valence-electron chi connectivity index (χ4n) is 10.8. The summed E-state index contributed by atoms with van der Waals surface area (Å²) in [6, 6.07) is 5.54. The maximum Gasteiger partial charge on any atom is 0.331 e. The number of carbonyl (C=O) groups excluding carboxylic acids is 1. The summed E-state index contributed by atoms with van der Waals surface area (Å²) in [5, 5.41) is 9.60. The lowest BCUT2D eigenvalue weighted by Gasteiger charge is -2.58. The Balaban J connectivity index is 1.20. The zero-order valence-corrected chi connectivity index (χ0v) is 28.7. The van der Waals surface area contributed by atoms with Crippen molar-refractivity contribution in [3.63, 3.8) is 0 Å². The highest BCUT2D eigenvalue weighted by Gasteiger charge is 2.59. The summed E-state index contributed by atoms with van der Waals surface area (Å²) in [5.74, 6) is 6.20. The third-order valence-electron chi connectivity index (χ3n) is 13.4.